The van der Waals surface area contributed by atoms with Crippen LogP contribution < -0.4 is 9.80 Å². The second-order valence-electron chi connectivity index (χ2n) is 6.64. The van der Waals surface area contributed by atoms with Gasteiger partial charge in [-0.2, -0.15) is 0 Å². The van der Waals surface area contributed by atoms with E-state index >= 15 is 0 Å². The van der Waals surface area contributed by atoms with Crippen LogP contribution in [0.2, 0.25) is 0 Å². The van der Waals surface area contributed by atoms with Crippen LogP contribution in [0.15, 0.2) is 53.9 Å². The number of carbonyl (C=O) groups excluding carboxylic acids is 1. The highest BCUT2D eigenvalue weighted by molar-refractivity contribution is 7.18. The van der Waals surface area contributed by atoms with E-state index in [0.29, 0.717) is 5.57 Å². The third-order valence-corrected chi connectivity index (χ3v) is 5.51. The van der Waals surface area contributed by atoms with Crippen molar-refractivity contribution in [3.8, 4) is 10.6 Å². The number of hydrogen-bond donors (Lipinski definition) is 0. The maximum Gasteiger partial charge on any atom is 0.145 e. The maximum atomic E-state index is 10.8. The van der Waals surface area contributed by atoms with Gasteiger partial charge in [0.25, 0.3) is 0 Å². The lowest BCUT2D eigenvalue weighted by atomic mass is 10.2. The van der Waals surface area contributed by atoms with Gasteiger partial charge in [-0.05, 0) is 49.3 Å². The Morgan fingerprint density at radius 3 is 2.56 bits per heavy atom. The van der Waals surface area contributed by atoms with Crippen LogP contribution in [0.5, 0.6) is 0 Å². The summed E-state index contributed by atoms with van der Waals surface area (Å²) in [6.07, 6.45) is 6.63. The third-order valence-electron chi connectivity index (χ3n) is 4.37. The number of benzene rings is 1. The lowest BCUT2D eigenvalue weighted by molar-refractivity contribution is -0.104. The molecule has 1 aliphatic rings. The summed E-state index contributed by atoms with van der Waals surface area (Å²) in [7, 11) is 1.99. The Kier molecular flexibility index (Phi) is 6.42. The first-order valence-corrected chi connectivity index (χ1v) is 9.82. The molecule has 1 aliphatic heterocycles. The molecule has 27 heavy (non-hydrogen) atoms. The fourth-order valence-corrected chi connectivity index (χ4v) is 3.86. The summed E-state index contributed by atoms with van der Waals surface area (Å²) in [5, 5.41) is 2.05. The van der Waals surface area contributed by atoms with Crippen molar-refractivity contribution in [2.45, 2.75) is 13.8 Å². The van der Waals surface area contributed by atoms with Crippen molar-refractivity contribution in [2.75, 3.05) is 43.2 Å². The smallest absolute Gasteiger partial charge is 0.145 e. The Bertz CT molecular complexity index is 833. The largest absolute Gasteiger partial charge is 0.378 e. The Balaban J connectivity index is 1.71. The maximum absolute atomic E-state index is 10.8. The molecule has 0 atom stereocenters. The van der Waals surface area contributed by atoms with E-state index in [-0.39, 0.29) is 0 Å². The molecular weight excluding hydrogens is 358 g/mol. The molecule has 6 heteroatoms. The van der Waals surface area contributed by atoms with Crippen molar-refractivity contribution in [1.29, 1.82) is 0 Å². The van der Waals surface area contributed by atoms with Crippen LogP contribution in [0.3, 0.4) is 0 Å². The second-order valence-corrected chi connectivity index (χ2v) is 7.65. The van der Waals surface area contributed by atoms with E-state index in [0.717, 1.165) is 53.7 Å². The highest BCUT2D eigenvalue weighted by atomic mass is 32.1. The minimum atomic E-state index is 0.711. The molecule has 0 spiro atoms. The van der Waals surface area contributed by atoms with E-state index in [1.54, 1.807) is 18.3 Å². The lowest BCUT2D eigenvalue weighted by Crippen LogP contribution is -2.36. The van der Waals surface area contributed by atoms with E-state index in [9.17, 15) is 4.79 Å². The summed E-state index contributed by atoms with van der Waals surface area (Å²) in [6, 6.07) is 8.57. The number of aromatic nitrogens is 1. The Morgan fingerprint density at radius 1 is 1.19 bits per heavy atom. The monoisotopic (exact) mass is 383 g/mol. The number of carbonyl (C=O) groups is 1. The van der Waals surface area contributed by atoms with Crippen molar-refractivity contribution < 1.29 is 9.53 Å². The van der Waals surface area contributed by atoms with Crippen molar-refractivity contribution in [3.05, 3.63) is 53.9 Å². The fraction of sp³-hybridized carbons (Fsp3) is 0.333. The zero-order valence-corrected chi connectivity index (χ0v) is 16.8. The van der Waals surface area contributed by atoms with Crippen LogP contribution in [-0.4, -0.2) is 44.6 Å². The summed E-state index contributed by atoms with van der Waals surface area (Å²) in [4.78, 5) is 19.7. The van der Waals surface area contributed by atoms with Gasteiger partial charge in [-0.1, -0.05) is 17.4 Å². The average molecular weight is 384 g/mol. The summed E-state index contributed by atoms with van der Waals surface area (Å²) < 4.78 is 5.41. The molecule has 1 saturated heterocycles. The molecule has 1 aromatic heterocycles. The Labute approximate surface area is 164 Å². The number of nitrogens with zero attached hydrogens (tertiary/aromatic N) is 3. The van der Waals surface area contributed by atoms with Gasteiger partial charge in [0, 0.05) is 37.6 Å². The number of aldehydes is 1. The normalized spacial score (nSPS) is 15.7. The van der Waals surface area contributed by atoms with Crippen molar-refractivity contribution in [1.82, 2.24) is 4.98 Å². The van der Waals surface area contributed by atoms with Crippen LogP contribution in [0.25, 0.3) is 10.6 Å². The van der Waals surface area contributed by atoms with Crippen molar-refractivity contribution in [2.24, 2.45) is 0 Å². The van der Waals surface area contributed by atoms with E-state index in [4.69, 9.17) is 4.74 Å². The molecule has 142 valence electrons. The van der Waals surface area contributed by atoms with E-state index in [1.165, 1.54) is 5.69 Å². The van der Waals surface area contributed by atoms with Crippen LogP contribution in [0.1, 0.15) is 13.8 Å². The number of rotatable bonds is 6. The van der Waals surface area contributed by atoms with Gasteiger partial charge in [0.1, 0.15) is 16.3 Å². The van der Waals surface area contributed by atoms with Crippen molar-refractivity contribution >= 4 is 28.3 Å². The number of morpholine rings is 1. The summed E-state index contributed by atoms with van der Waals surface area (Å²) in [6.45, 7) is 7.24. The fourth-order valence-electron chi connectivity index (χ4n) is 3.00. The van der Waals surface area contributed by atoms with Gasteiger partial charge in [-0.25, -0.2) is 4.98 Å². The van der Waals surface area contributed by atoms with Crippen molar-refractivity contribution in [3.63, 3.8) is 0 Å². The van der Waals surface area contributed by atoms with Crippen LogP contribution in [0, 0.1) is 0 Å². The molecule has 3 rings (SSSR count). The van der Waals surface area contributed by atoms with Crippen LogP contribution in [-0.2, 0) is 9.53 Å². The Morgan fingerprint density at radius 2 is 1.89 bits per heavy atom. The average Bonchev–Trinajstić information content (AvgIpc) is 3.19. The minimum Gasteiger partial charge on any atom is -0.378 e. The first-order valence-electron chi connectivity index (χ1n) is 9.00. The van der Waals surface area contributed by atoms with E-state index in [2.05, 4.69) is 34.1 Å². The molecule has 0 bridgehead atoms. The van der Waals surface area contributed by atoms with Gasteiger partial charge >= 0.3 is 0 Å². The van der Waals surface area contributed by atoms with Gasteiger partial charge in [0.2, 0.25) is 0 Å². The topological polar surface area (TPSA) is 45.7 Å². The SMILES string of the molecule is C/C(C=O)=C/C(C)=C\N(C)c1cnc(-c2ccc(N3CCOCC3)cc2)s1. The summed E-state index contributed by atoms with van der Waals surface area (Å²) in [5.74, 6) is 0. The van der Waals surface area contributed by atoms with E-state index < -0.39 is 0 Å². The molecule has 2 aromatic rings. The van der Waals surface area contributed by atoms with E-state index in [1.807, 2.05) is 37.3 Å². The predicted molar refractivity (Wildman–Crippen MR) is 113 cm³/mol. The molecule has 0 saturated carbocycles. The summed E-state index contributed by atoms with van der Waals surface area (Å²) in [5.41, 5.74) is 4.08. The Hall–Kier alpha value is -2.44. The molecule has 2 heterocycles. The highest BCUT2D eigenvalue weighted by Crippen LogP contribution is 2.32. The highest BCUT2D eigenvalue weighted by Gasteiger charge is 2.12. The minimum absolute atomic E-state index is 0.711. The molecule has 0 aliphatic carbocycles. The number of anilines is 2. The van der Waals surface area contributed by atoms with Crippen LogP contribution >= 0.6 is 11.3 Å². The van der Waals surface area contributed by atoms with Gasteiger partial charge in [0.05, 0.1) is 19.4 Å². The molecule has 0 amide bonds. The van der Waals surface area contributed by atoms with Gasteiger partial charge in [-0.15, -0.1) is 0 Å². The number of hydrogen-bond acceptors (Lipinski definition) is 6. The number of ether oxygens (including phenoxy) is 1. The molecule has 5 nitrogen and oxygen atoms in total. The molecule has 0 unspecified atom stereocenters. The zero-order valence-electron chi connectivity index (χ0n) is 16.0. The molecule has 1 aromatic carbocycles. The quantitative estimate of drug-likeness (QED) is 0.426. The number of allylic oxidation sites excluding steroid dienone is 3. The zero-order chi connectivity index (χ0) is 19.2. The summed E-state index contributed by atoms with van der Waals surface area (Å²) >= 11 is 1.65. The van der Waals surface area contributed by atoms with Gasteiger partial charge < -0.3 is 14.5 Å². The van der Waals surface area contributed by atoms with Crippen LogP contribution in [0.4, 0.5) is 10.7 Å². The second kappa shape index (κ2) is 8.97. The molecule has 0 radical (unpaired) electrons. The first-order chi connectivity index (χ1) is 13.1. The first kappa shape index (κ1) is 19.3. The molecule has 0 N–H and O–H groups in total. The predicted octanol–water partition coefficient (Wildman–Crippen LogP) is 4.13. The lowest BCUT2D eigenvalue weighted by Gasteiger charge is -2.28. The number of thiazole rings is 1. The van der Waals surface area contributed by atoms with Gasteiger partial charge in [0.15, 0.2) is 0 Å². The molecule has 1 fully saturated rings. The molecular formula is C21H25N3O2S. The van der Waals surface area contributed by atoms with Gasteiger partial charge in [-0.3, -0.25) is 4.79 Å². The standard InChI is InChI=1S/C21H25N3O2S/c1-16(12-17(2)15-25)14-23(3)20-13-22-21(27-20)18-4-6-19(7-5-18)24-8-10-26-11-9-24/h4-7,12-15H,8-11H2,1-3H3/b16-14-,17-12-. The third kappa shape index (κ3) is 5.05.